The number of amides is 1. The van der Waals surface area contributed by atoms with Crippen molar-refractivity contribution in [2.24, 2.45) is 5.73 Å². The molecule has 3 nitrogen and oxygen atoms in total. The molecule has 0 atom stereocenters. The van der Waals surface area contributed by atoms with Gasteiger partial charge < -0.3 is 10.2 Å². The molecule has 82 valence electrons. The lowest BCUT2D eigenvalue weighted by Crippen LogP contribution is -2.12. The summed E-state index contributed by atoms with van der Waals surface area (Å²) in [5.41, 5.74) is 5.99. The molecule has 2 rings (SSSR count). The molecule has 0 radical (unpaired) electrons. The largest absolute Gasteiger partial charge is 0.461 e. The molecule has 0 unspecified atom stereocenters. The maximum absolute atomic E-state index is 10.7. The van der Waals surface area contributed by atoms with E-state index in [1.165, 1.54) is 0 Å². The molecule has 0 fully saturated rings. The van der Waals surface area contributed by atoms with E-state index in [0.29, 0.717) is 16.5 Å². The van der Waals surface area contributed by atoms with Gasteiger partial charge in [-0.3, -0.25) is 4.79 Å². The number of rotatable bonds is 3. The first-order valence-electron chi connectivity index (χ1n) is 4.78. The van der Waals surface area contributed by atoms with Gasteiger partial charge in [-0.15, -0.1) is 0 Å². The first-order chi connectivity index (χ1) is 7.65. The van der Waals surface area contributed by atoms with Crippen molar-refractivity contribution in [3.8, 4) is 11.3 Å². The van der Waals surface area contributed by atoms with E-state index < -0.39 is 5.91 Å². The summed E-state index contributed by atoms with van der Waals surface area (Å²) in [5, 5.41) is 0.674. The van der Waals surface area contributed by atoms with Crippen molar-refractivity contribution >= 4 is 17.5 Å². The number of furan rings is 1. The predicted molar refractivity (Wildman–Crippen MR) is 62.1 cm³/mol. The van der Waals surface area contributed by atoms with Crippen LogP contribution in [0.5, 0.6) is 0 Å². The van der Waals surface area contributed by atoms with Gasteiger partial charge in [0, 0.05) is 10.6 Å². The highest BCUT2D eigenvalue weighted by Gasteiger charge is 2.06. The van der Waals surface area contributed by atoms with Gasteiger partial charge in [-0.1, -0.05) is 11.6 Å². The summed E-state index contributed by atoms with van der Waals surface area (Å²) in [5.74, 6) is 0.863. The summed E-state index contributed by atoms with van der Waals surface area (Å²) >= 11 is 5.78. The summed E-state index contributed by atoms with van der Waals surface area (Å²) in [6, 6.07) is 10.8. The molecule has 16 heavy (non-hydrogen) atoms. The fourth-order valence-corrected chi connectivity index (χ4v) is 1.54. The highest BCUT2D eigenvalue weighted by Crippen LogP contribution is 2.23. The Labute approximate surface area is 97.8 Å². The summed E-state index contributed by atoms with van der Waals surface area (Å²) in [7, 11) is 0. The Morgan fingerprint density at radius 1 is 1.19 bits per heavy atom. The van der Waals surface area contributed by atoms with E-state index >= 15 is 0 Å². The van der Waals surface area contributed by atoms with Crippen LogP contribution in [-0.4, -0.2) is 5.91 Å². The van der Waals surface area contributed by atoms with E-state index in [2.05, 4.69) is 0 Å². The minimum atomic E-state index is -0.406. The maximum Gasteiger partial charge on any atom is 0.225 e. The van der Waals surface area contributed by atoms with Gasteiger partial charge in [0.05, 0.1) is 6.42 Å². The lowest BCUT2D eigenvalue weighted by molar-refractivity contribution is -0.117. The SMILES string of the molecule is NC(=O)Cc1ccc(-c2ccc(Cl)cc2)o1. The molecule has 1 aromatic carbocycles. The van der Waals surface area contributed by atoms with Crippen molar-refractivity contribution in [1.29, 1.82) is 0 Å². The molecule has 1 aromatic heterocycles. The van der Waals surface area contributed by atoms with E-state index in [0.717, 1.165) is 5.56 Å². The minimum Gasteiger partial charge on any atom is -0.461 e. The van der Waals surface area contributed by atoms with Crippen LogP contribution in [0.1, 0.15) is 5.76 Å². The minimum absolute atomic E-state index is 0.119. The first kappa shape index (κ1) is 10.8. The molecular formula is C12H10ClNO2. The molecule has 0 bridgehead atoms. The number of primary amides is 1. The summed E-state index contributed by atoms with van der Waals surface area (Å²) in [6.45, 7) is 0. The Hall–Kier alpha value is -1.74. The van der Waals surface area contributed by atoms with E-state index in [-0.39, 0.29) is 6.42 Å². The number of benzene rings is 1. The highest BCUT2D eigenvalue weighted by atomic mass is 35.5. The van der Waals surface area contributed by atoms with Crippen LogP contribution < -0.4 is 5.73 Å². The Kier molecular flexibility index (Phi) is 2.97. The summed E-state index contributed by atoms with van der Waals surface area (Å²) in [6.07, 6.45) is 0.119. The van der Waals surface area contributed by atoms with Crippen LogP contribution in [0.3, 0.4) is 0 Å². The van der Waals surface area contributed by atoms with E-state index in [1.807, 2.05) is 18.2 Å². The molecule has 0 spiro atoms. The molecule has 0 aliphatic carbocycles. The molecule has 2 N–H and O–H groups in total. The number of nitrogens with two attached hydrogens (primary N) is 1. The second-order valence-corrected chi connectivity index (χ2v) is 3.85. The predicted octanol–water partition coefficient (Wildman–Crippen LogP) is 2.63. The van der Waals surface area contributed by atoms with Crippen molar-refractivity contribution in [3.05, 3.63) is 47.2 Å². The van der Waals surface area contributed by atoms with Crippen LogP contribution in [0.25, 0.3) is 11.3 Å². The van der Waals surface area contributed by atoms with Crippen LogP contribution in [0.2, 0.25) is 5.02 Å². The van der Waals surface area contributed by atoms with Crippen molar-refractivity contribution in [1.82, 2.24) is 0 Å². The van der Waals surface area contributed by atoms with Crippen molar-refractivity contribution < 1.29 is 9.21 Å². The molecule has 0 saturated carbocycles. The molecule has 2 aromatic rings. The van der Waals surface area contributed by atoms with Crippen LogP contribution >= 0.6 is 11.6 Å². The number of carbonyl (C=O) groups is 1. The van der Waals surface area contributed by atoms with Gasteiger partial charge in [0.15, 0.2) is 0 Å². The second kappa shape index (κ2) is 4.41. The smallest absolute Gasteiger partial charge is 0.225 e. The Morgan fingerprint density at radius 2 is 1.88 bits per heavy atom. The van der Waals surface area contributed by atoms with Crippen LogP contribution in [0.15, 0.2) is 40.8 Å². The van der Waals surface area contributed by atoms with Crippen molar-refractivity contribution in [2.75, 3.05) is 0 Å². The standard InChI is InChI=1S/C12H10ClNO2/c13-9-3-1-8(2-4-9)11-6-5-10(16-11)7-12(14)15/h1-6H,7H2,(H2,14,15). The zero-order valence-corrected chi connectivity index (χ0v) is 9.20. The number of hydrogen-bond acceptors (Lipinski definition) is 2. The maximum atomic E-state index is 10.7. The average molecular weight is 236 g/mol. The average Bonchev–Trinajstić information content (AvgIpc) is 2.66. The third-order valence-corrected chi connectivity index (χ3v) is 2.39. The molecule has 0 aliphatic heterocycles. The number of hydrogen-bond donors (Lipinski definition) is 1. The van der Waals surface area contributed by atoms with Gasteiger partial charge in [-0.25, -0.2) is 0 Å². The van der Waals surface area contributed by atoms with Crippen LogP contribution in [-0.2, 0) is 11.2 Å². The van der Waals surface area contributed by atoms with Crippen molar-refractivity contribution in [2.45, 2.75) is 6.42 Å². The molecular weight excluding hydrogens is 226 g/mol. The lowest BCUT2D eigenvalue weighted by atomic mass is 10.2. The molecule has 1 heterocycles. The monoisotopic (exact) mass is 235 g/mol. The van der Waals surface area contributed by atoms with Gasteiger partial charge in [-0.2, -0.15) is 0 Å². The number of halogens is 1. The third-order valence-electron chi connectivity index (χ3n) is 2.14. The summed E-state index contributed by atoms with van der Waals surface area (Å²) < 4.78 is 5.48. The van der Waals surface area contributed by atoms with Crippen LogP contribution in [0, 0.1) is 0 Å². The van der Waals surface area contributed by atoms with E-state index in [9.17, 15) is 4.79 Å². The normalized spacial score (nSPS) is 10.3. The van der Waals surface area contributed by atoms with E-state index in [1.54, 1.807) is 18.2 Å². The van der Waals surface area contributed by atoms with Gasteiger partial charge in [0.25, 0.3) is 0 Å². The molecule has 1 amide bonds. The zero-order chi connectivity index (χ0) is 11.5. The third kappa shape index (κ3) is 2.44. The fourth-order valence-electron chi connectivity index (χ4n) is 1.41. The Bertz CT molecular complexity index is 502. The van der Waals surface area contributed by atoms with Gasteiger partial charge in [0.2, 0.25) is 5.91 Å². The number of carbonyl (C=O) groups excluding carboxylic acids is 1. The molecule has 0 aliphatic rings. The highest BCUT2D eigenvalue weighted by molar-refractivity contribution is 6.30. The summed E-state index contributed by atoms with van der Waals surface area (Å²) in [4.78, 5) is 10.7. The first-order valence-corrected chi connectivity index (χ1v) is 5.16. The second-order valence-electron chi connectivity index (χ2n) is 3.42. The van der Waals surface area contributed by atoms with Gasteiger partial charge >= 0.3 is 0 Å². The zero-order valence-electron chi connectivity index (χ0n) is 8.44. The molecule has 0 saturated heterocycles. The topological polar surface area (TPSA) is 56.2 Å². The fraction of sp³-hybridized carbons (Fsp3) is 0.0833. The van der Waals surface area contributed by atoms with Gasteiger partial charge in [0.1, 0.15) is 11.5 Å². The Balaban J connectivity index is 2.24. The Morgan fingerprint density at radius 3 is 2.50 bits per heavy atom. The van der Waals surface area contributed by atoms with E-state index in [4.69, 9.17) is 21.8 Å². The lowest BCUT2D eigenvalue weighted by Gasteiger charge is -1.97. The van der Waals surface area contributed by atoms with Crippen LogP contribution in [0.4, 0.5) is 0 Å². The van der Waals surface area contributed by atoms with Gasteiger partial charge in [-0.05, 0) is 36.4 Å². The molecule has 4 heteroatoms. The van der Waals surface area contributed by atoms with Crippen molar-refractivity contribution in [3.63, 3.8) is 0 Å². The quantitative estimate of drug-likeness (QED) is 0.889.